The average Bonchev–Trinajstić information content (AvgIpc) is 2.73. The number of Topliss-reactive ketones (excluding diaryl/α,β-unsaturated/α-hetero) is 1. The number of halogens is 2. The molecule has 2 aromatic rings. The molecule has 152 valence electrons. The Morgan fingerprint density at radius 2 is 1.72 bits per heavy atom. The van der Waals surface area contributed by atoms with Gasteiger partial charge in [-0.1, -0.05) is 30.3 Å². The second kappa shape index (κ2) is 8.29. The Kier molecular flexibility index (Phi) is 5.58. The van der Waals surface area contributed by atoms with Crippen LogP contribution in [0.5, 0.6) is 0 Å². The summed E-state index contributed by atoms with van der Waals surface area (Å²) < 4.78 is 38.5. The monoisotopic (exact) mass is 401 g/mol. The van der Waals surface area contributed by atoms with E-state index in [-0.39, 0.29) is 37.5 Å². The fourth-order valence-electron chi connectivity index (χ4n) is 4.13. The van der Waals surface area contributed by atoms with E-state index in [1.165, 1.54) is 0 Å². The van der Waals surface area contributed by atoms with Crippen molar-refractivity contribution in [1.29, 1.82) is 0 Å². The molecule has 2 heterocycles. The lowest BCUT2D eigenvalue weighted by Gasteiger charge is -2.47. The Hall–Kier alpha value is -2.80. The van der Waals surface area contributed by atoms with Gasteiger partial charge in [0.15, 0.2) is 5.78 Å². The van der Waals surface area contributed by atoms with Gasteiger partial charge in [-0.2, -0.15) is 0 Å². The number of ether oxygens (including phenoxy) is 2. The normalized spacial score (nSPS) is 23.5. The first-order chi connectivity index (χ1) is 14.0. The standard InChI is InChI=1S/C22H21F2NO4/c23-16-6-7-20(24)19(10-16)21(26)15-8-17-12-28-13-18(9-15)25(17)22(27)29-11-14-4-2-1-3-5-14/h1-7,10,15,17-18H,8-9,11-13H2. The first-order valence-electron chi connectivity index (χ1n) is 9.59. The minimum absolute atomic E-state index is 0.160. The van der Waals surface area contributed by atoms with Crippen LogP contribution in [0.1, 0.15) is 28.8 Å². The zero-order valence-corrected chi connectivity index (χ0v) is 15.7. The van der Waals surface area contributed by atoms with Crippen LogP contribution in [-0.2, 0) is 16.1 Å². The Balaban J connectivity index is 1.45. The van der Waals surface area contributed by atoms with E-state index in [1.807, 2.05) is 30.3 Å². The van der Waals surface area contributed by atoms with Crippen LogP contribution < -0.4 is 0 Å². The van der Waals surface area contributed by atoms with E-state index in [4.69, 9.17) is 9.47 Å². The van der Waals surface area contributed by atoms with Gasteiger partial charge in [0.2, 0.25) is 0 Å². The Morgan fingerprint density at radius 3 is 2.41 bits per heavy atom. The lowest BCUT2D eigenvalue weighted by Crippen LogP contribution is -2.60. The number of nitrogens with zero attached hydrogens (tertiary/aromatic N) is 1. The minimum Gasteiger partial charge on any atom is -0.445 e. The van der Waals surface area contributed by atoms with Crippen LogP contribution in [0, 0.1) is 17.6 Å². The highest BCUT2D eigenvalue weighted by atomic mass is 19.1. The van der Waals surface area contributed by atoms with Crippen molar-refractivity contribution < 1.29 is 27.8 Å². The number of ketones is 1. The number of hydrogen-bond donors (Lipinski definition) is 0. The molecule has 0 radical (unpaired) electrons. The van der Waals surface area contributed by atoms with Crippen LogP contribution >= 0.6 is 0 Å². The molecule has 0 aliphatic carbocycles. The Bertz CT molecular complexity index is 891. The van der Waals surface area contributed by atoms with Crippen LogP contribution in [0.2, 0.25) is 0 Å². The highest BCUT2D eigenvalue weighted by Crippen LogP contribution is 2.34. The second-order valence-electron chi connectivity index (χ2n) is 7.45. The zero-order chi connectivity index (χ0) is 20.4. The average molecular weight is 401 g/mol. The predicted molar refractivity (Wildman–Crippen MR) is 100 cm³/mol. The van der Waals surface area contributed by atoms with Gasteiger partial charge in [0.25, 0.3) is 0 Å². The summed E-state index contributed by atoms with van der Waals surface area (Å²) in [7, 11) is 0. The number of carbonyl (C=O) groups excluding carboxylic acids is 2. The summed E-state index contributed by atoms with van der Waals surface area (Å²) in [6.45, 7) is 0.728. The summed E-state index contributed by atoms with van der Waals surface area (Å²) in [5.41, 5.74) is 0.642. The molecule has 29 heavy (non-hydrogen) atoms. The van der Waals surface area contributed by atoms with Gasteiger partial charge in [0.1, 0.15) is 18.2 Å². The number of piperidine rings is 1. The van der Waals surface area contributed by atoms with Crippen LogP contribution in [0.3, 0.4) is 0 Å². The number of benzene rings is 2. The second-order valence-corrected chi connectivity index (χ2v) is 7.45. The molecular formula is C22H21F2NO4. The molecule has 4 rings (SSSR count). The highest BCUT2D eigenvalue weighted by molar-refractivity contribution is 5.98. The molecule has 1 amide bonds. The van der Waals surface area contributed by atoms with E-state index in [0.29, 0.717) is 12.8 Å². The summed E-state index contributed by atoms with van der Waals surface area (Å²) >= 11 is 0. The van der Waals surface area contributed by atoms with Crippen molar-refractivity contribution in [3.8, 4) is 0 Å². The van der Waals surface area contributed by atoms with Crippen molar-refractivity contribution in [2.24, 2.45) is 5.92 Å². The van der Waals surface area contributed by atoms with E-state index in [9.17, 15) is 18.4 Å². The molecule has 0 saturated carbocycles. The van der Waals surface area contributed by atoms with E-state index >= 15 is 0 Å². The van der Waals surface area contributed by atoms with E-state index in [1.54, 1.807) is 4.90 Å². The molecule has 2 aliphatic rings. The predicted octanol–water partition coefficient (Wildman–Crippen LogP) is 3.96. The molecule has 2 bridgehead atoms. The number of hydrogen-bond acceptors (Lipinski definition) is 4. The van der Waals surface area contributed by atoms with Crippen LogP contribution in [-0.4, -0.2) is 42.1 Å². The maximum atomic E-state index is 14.0. The van der Waals surface area contributed by atoms with Gasteiger partial charge in [-0.3, -0.25) is 9.69 Å². The lowest BCUT2D eigenvalue weighted by molar-refractivity contribution is -0.0755. The number of rotatable bonds is 4. The Morgan fingerprint density at radius 1 is 1.03 bits per heavy atom. The van der Waals surface area contributed by atoms with Gasteiger partial charge in [-0.15, -0.1) is 0 Å². The third-order valence-corrected chi connectivity index (χ3v) is 5.50. The van der Waals surface area contributed by atoms with Crippen molar-refractivity contribution in [2.75, 3.05) is 13.2 Å². The van der Waals surface area contributed by atoms with E-state index in [2.05, 4.69) is 0 Å². The molecule has 5 nitrogen and oxygen atoms in total. The molecule has 0 spiro atoms. The summed E-state index contributed by atoms with van der Waals surface area (Å²) in [5.74, 6) is -2.32. The number of amides is 1. The van der Waals surface area contributed by atoms with Crippen molar-refractivity contribution in [2.45, 2.75) is 31.5 Å². The lowest BCUT2D eigenvalue weighted by atomic mass is 9.80. The molecule has 2 aliphatic heterocycles. The van der Waals surface area contributed by atoms with Crippen LogP contribution in [0.4, 0.5) is 13.6 Å². The molecule has 7 heteroatoms. The molecular weight excluding hydrogens is 380 g/mol. The maximum absolute atomic E-state index is 14.0. The van der Waals surface area contributed by atoms with E-state index in [0.717, 1.165) is 23.8 Å². The van der Waals surface area contributed by atoms with Gasteiger partial charge in [0.05, 0.1) is 30.9 Å². The summed E-state index contributed by atoms with van der Waals surface area (Å²) in [6.07, 6.45) is 0.201. The fraction of sp³-hybridized carbons (Fsp3) is 0.364. The zero-order valence-electron chi connectivity index (χ0n) is 15.7. The van der Waals surface area contributed by atoms with Gasteiger partial charge in [0, 0.05) is 5.92 Å². The summed E-state index contributed by atoms with van der Waals surface area (Å²) in [4.78, 5) is 27.1. The Labute approximate surface area is 167 Å². The van der Waals surface area contributed by atoms with E-state index < -0.39 is 29.4 Å². The van der Waals surface area contributed by atoms with Crippen LogP contribution in [0.25, 0.3) is 0 Å². The van der Waals surface area contributed by atoms with Gasteiger partial charge in [-0.25, -0.2) is 13.6 Å². The third-order valence-electron chi connectivity index (χ3n) is 5.50. The van der Waals surface area contributed by atoms with Crippen molar-refractivity contribution in [3.63, 3.8) is 0 Å². The topological polar surface area (TPSA) is 55.8 Å². The summed E-state index contributed by atoms with van der Waals surface area (Å²) in [5, 5.41) is 0. The molecule has 2 unspecified atom stereocenters. The molecule has 2 atom stereocenters. The third kappa shape index (κ3) is 4.15. The number of morpholine rings is 1. The molecule has 2 saturated heterocycles. The molecule has 0 N–H and O–H groups in total. The molecule has 0 aromatic heterocycles. The maximum Gasteiger partial charge on any atom is 0.410 e. The summed E-state index contributed by atoms with van der Waals surface area (Å²) in [6, 6.07) is 11.6. The van der Waals surface area contributed by atoms with Gasteiger partial charge < -0.3 is 9.47 Å². The van der Waals surface area contributed by atoms with Crippen molar-refractivity contribution in [1.82, 2.24) is 4.90 Å². The van der Waals surface area contributed by atoms with Crippen molar-refractivity contribution in [3.05, 3.63) is 71.3 Å². The molecule has 2 aromatic carbocycles. The van der Waals surface area contributed by atoms with Gasteiger partial charge >= 0.3 is 6.09 Å². The highest BCUT2D eigenvalue weighted by Gasteiger charge is 2.44. The molecule has 2 fully saturated rings. The van der Waals surface area contributed by atoms with Gasteiger partial charge in [-0.05, 0) is 36.6 Å². The first-order valence-corrected chi connectivity index (χ1v) is 9.59. The SMILES string of the molecule is O=C(c1cc(F)ccc1F)C1CC2COCC(C1)N2C(=O)OCc1ccccc1. The quantitative estimate of drug-likeness (QED) is 0.728. The fourth-order valence-corrected chi connectivity index (χ4v) is 4.13. The van der Waals surface area contributed by atoms with Crippen molar-refractivity contribution >= 4 is 11.9 Å². The minimum atomic E-state index is -0.734. The smallest absolute Gasteiger partial charge is 0.410 e. The first kappa shape index (κ1) is 19.5. The van der Waals surface area contributed by atoms with Crippen LogP contribution in [0.15, 0.2) is 48.5 Å². The number of fused-ring (bicyclic) bond motifs is 2. The number of carbonyl (C=O) groups is 2. The largest absolute Gasteiger partial charge is 0.445 e.